The lowest BCUT2D eigenvalue weighted by atomic mass is 10.3. The summed E-state index contributed by atoms with van der Waals surface area (Å²) in [6.07, 6.45) is 1.58. The van der Waals surface area contributed by atoms with Gasteiger partial charge < -0.3 is 10.6 Å². The summed E-state index contributed by atoms with van der Waals surface area (Å²) in [6.45, 7) is 0.167. The van der Waals surface area contributed by atoms with Crippen LogP contribution in [0.5, 0.6) is 0 Å². The molecule has 1 rings (SSSR count). The van der Waals surface area contributed by atoms with Crippen LogP contribution in [0.2, 0.25) is 5.15 Å². The van der Waals surface area contributed by atoms with E-state index in [0.29, 0.717) is 5.15 Å². The molecule has 0 aromatic carbocycles. The van der Waals surface area contributed by atoms with E-state index >= 15 is 0 Å². The van der Waals surface area contributed by atoms with Gasteiger partial charge in [0.15, 0.2) is 0 Å². The average Bonchev–Trinajstić information content (AvgIpc) is 2.03. The highest BCUT2D eigenvalue weighted by molar-refractivity contribution is 6.29. The highest BCUT2D eigenvalue weighted by Crippen LogP contribution is 2.15. The molecule has 1 heterocycles. The lowest BCUT2D eigenvalue weighted by molar-refractivity contribution is -0.116. The molecule has 0 radical (unpaired) electrons. The number of anilines is 1. The Hall–Kier alpha value is -1.29. The third-order valence-electron chi connectivity index (χ3n) is 1.54. The van der Waals surface area contributed by atoms with Crippen molar-refractivity contribution in [1.29, 1.82) is 0 Å². The van der Waals surface area contributed by atoms with Gasteiger partial charge in [-0.3, -0.25) is 4.79 Å². The smallest absolute Gasteiger partial charge is 0.236 e. The second-order valence-electron chi connectivity index (χ2n) is 2.66. The van der Waals surface area contributed by atoms with E-state index in [2.05, 4.69) is 4.98 Å². The molecule has 0 saturated carbocycles. The van der Waals surface area contributed by atoms with Crippen molar-refractivity contribution in [3.8, 4) is 0 Å². The van der Waals surface area contributed by atoms with Gasteiger partial charge in [0, 0.05) is 18.9 Å². The van der Waals surface area contributed by atoms with Crippen molar-refractivity contribution < 1.29 is 4.79 Å². The maximum atomic E-state index is 10.6. The number of pyridine rings is 1. The summed E-state index contributed by atoms with van der Waals surface area (Å²) < 4.78 is 0. The second kappa shape index (κ2) is 4.09. The fourth-order valence-electron chi connectivity index (χ4n) is 0.955. The van der Waals surface area contributed by atoms with Gasteiger partial charge in [0.1, 0.15) is 5.15 Å². The number of hydrogen-bond acceptors (Lipinski definition) is 3. The number of carbonyl (C=O) groups is 1. The van der Waals surface area contributed by atoms with Crippen LogP contribution in [-0.4, -0.2) is 24.5 Å². The van der Waals surface area contributed by atoms with Crippen LogP contribution in [0.3, 0.4) is 0 Å². The Bertz CT molecular complexity index is 316. The summed E-state index contributed by atoms with van der Waals surface area (Å²) in [7, 11) is 1.76. The zero-order chi connectivity index (χ0) is 9.84. The molecule has 0 atom stereocenters. The maximum Gasteiger partial charge on any atom is 0.236 e. The first-order chi connectivity index (χ1) is 6.09. The summed E-state index contributed by atoms with van der Waals surface area (Å²) in [5.74, 6) is -0.379. The highest BCUT2D eigenvalue weighted by Gasteiger charge is 2.04. The van der Waals surface area contributed by atoms with Crippen molar-refractivity contribution in [1.82, 2.24) is 4.98 Å². The van der Waals surface area contributed by atoms with Gasteiger partial charge in [-0.15, -0.1) is 0 Å². The van der Waals surface area contributed by atoms with E-state index in [1.165, 1.54) is 0 Å². The largest absolute Gasteiger partial charge is 0.368 e. The average molecular weight is 200 g/mol. The zero-order valence-electron chi connectivity index (χ0n) is 7.20. The normalized spacial score (nSPS) is 9.69. The lowest BCUT2D eigenvalue weighted by Crippen LogP contribution is -2.30. The molecule has 0 aliphatic carbocycles. The van der Waals surface area contributed by atoms with Gasteiger partial charge in [-0.05, 0) is 12.1 Å². The van der Waals surface area contributed by atoms with Crippen LogP contribution in [-0.2, 0) is 4.79 Å². The number of primary amides is 1. The van der Waals surface area contributed by atoms with Gasteiger partial charge in [-0.1, -0.05) is 11.6 Å². The molecule has 0 bridgehead atoms. The molecule has 5 heteroatoms. The molecule has 1 aromatic heterocycles. The van der Waals surface area contributed by atoms with Crippen LogP contribution in [0.25, 0.3) is 0 Å². The zero-order valence-corrected chi connectivity index (χ0v) is 7.95. The minimum absolute atomic E-state index is 0.167. The Morgan fingerprint density at radius 3 is 3.00 bits per heavy atom. The first-order valence-electron chi connectivity index (χ1n) is 3.70. The maximum absolute atomic E-state index is 10.6. The minimum Gasteiger partial charge on any atom is -0.368 e. The van der Waals surface area contributed by atoms with Gasteiger partial charge in [0.05, 0.1) is 6.54 Å². The van der Waals surface area contributed by atoms with Crippen molar-refractivity contribution in [3.05, 3.63) is 23.5 Å². The van der Waals surface area contributed by atoms with Crippen LogP contribution in [0.4, 0.5) is 5.69 Å². The molecule has 0 aliphatic heterocycles. The molecule has 0 unspecified atom stereocenters. The van der Waals surface area contributed by atoms with E-state index in [-0.39, 0.29) is 12.5 Å². The second-order valence-corrected chi connectivity index (χ2v) is 3.05. The number of amides is 1. The van der Waals surface area contributed by atoms with E-state index in [9.17, 15) is 4.79 Å². The number of nitrogens with zero attached hydrogens (tertiary/aromatic N) is 2. The number of halogens is 1. The quantitative estimate of drug-likeness (QED) is 0.728. The summed E-state index contributed by atoms with van der Waals surface area (Å²) in [4.78, 5) is 16.1. The standard InChI is InChI=1S/C8H10ClN3O/c1-12(5-8(10)13)6-2-3-11-7(9)4-6/h2-4H,5H2,1H3,(H2,10,13). The van der Waals surface area contributed by atoms with Crippen LogP contribution in [0.15, 0.2) is 18.3 Å². The Morgan fingerprint density at radius 1 is 1.77 bits per heavy atom. The van der Waals surface area contributed by atoms with E-state index in [4.69, 9.17) is 17.3 Å². The Morgan fingerprint density at radius 2 is 2.46 bits per heavy atom. The van der Waals surface area contributed by atoms with Crippen molar-refractivity contribution in [2.75, 3.05) is 18.5 Å². The fourth-order valence-corrected chi connectivity index (χ4v) is 1.12. The van der Waals surface area contributed by atoms with Crippen LogP contribution in [0.1, 0.15) is 0 Å². The van der Waals surface area contributed by atoms with E-state index in [0.717, 1.165) is 5.69 Å². The first kappa shape index (κ1) is 9.80. The lowest BCUT2D eigenvalue weighted by Gasteiger charge is -2.16. The third-order valence-corrected chi connectivity index (χ3v) is 1.75. The fraction of sp³-hybridized carbons (Fsp3) is 0.250. The first-order valence-corrected chi connectivity index (χ1v) is 4.08. The molecule has 13 heavy (non-hydrogen) atoms. The van der Waals surface area contributed by atoms with Gasteiger partial charge in [0.25, 0.3) is 0 Å². The van der Waals surface area contributed by atoms with Gasteiger partial charge in [-0.25, -0.2) is 4.98 Å². The van der Waals surface area contributed by atoms with Gasteiger partial charge in [-0.2, -0.15) is 0 Å². The molecule has 2 N–H and O–H groups in total. The molecule has 70 valence electrons. The summed E-state index contributed by atoms with van der Waals surface area (Å²) >= 11 is 5.67. The van der Waals surface area contributed by atoms with E-state index in [1.807, 2.05) is 0 Å². The molecule has 0 saturated heterocycles. The highest BCUT2D eigenvalue weighted by atomic mass is 35.5. The van der Waals surface area contributed by atoms with Crippen molar-refractivity contribution in [2.24, 2.45) is 5.73 Å². The molecule has 0 aliphatic rings. The molecule has 1 amide bonds. The van der Waals surface area contributed by atoms with Crippen molar-refractivity contribution in [2.45, 2.75) is 0 Å². The monoisotopic (exact) mass is 199 g/mol. The molecule has 1 aromatic rings. The van der Waals surface area contributed by atoms with Gasteiger partial charge in [0.2, 0.25) is 5.91 Å². The number of aromatic nitrogens is 1. The van der Waals surface area contributed by atoms with E-state index < -0.39 is 0 Å². The molecular formula is C8H10ClN3O. The third kappa shape index (κ3) is 2.91. The van der Waals surface area contributed by atoms with Crippen LogP contribution in [0, 0.1) is 0 Å². The summed E-state index contributed by atoms with van der Waals surface area (Å²) in [5.41, 5.74) is 5.86. The van der Waals surface area contributed by atoms with Crippen LogP contribution < -0.4 is 10.6 Å². The number of rotatable bonds is 3. The molecule has 0 spiro atoms. The van der Waals surface area contributed by atoms with Gasteiger partial charge >= 0.3 is 0 Å². The number of nitrogens with two attached hydrogens (primary N) is 1. The van der Waals surface area contributed by atoms with Crippen molar-refractivity contribution in [3.63, 3.8) is 0 Å². The minimum atomic E-state index is -0.379. The predicted octanol–water partition coefficient (Wildman–Crippen LogP) is 0.656. The van der Waals surface area contributed by atoms with E-state index in [1.54, 1.807) is 30.3 Å². The summed E-state index contributed by atoms with van der Waals surface area (Å²) in [6, 6.07) is 3.43. The molecule has 0 fully saturated rings. The number of hydrogen-bond donors (Lipinski definition) is 1. The predicted molar refractivity (Wildman–Crippen MR) is 51.7 cm³/mol. The Kier molecular flexibility index (Phi) is 3.08. The SMILES string of the molecule is CN(CC(N)=O)c1ccnc(Cl)c1. The number of carbonyl (C=O) groups excluding carboxylic acids is 1. The Labute approximate surface area is 81.3 Å². The summed E-state index contributed by atoms with van der Waals surface area (Å²) in [5, 5.41) is 0.397. The molecule has 4 nitrogen and oxygen atoms in total. The number of likely N-dealkylation sites (N-methyl/N-ethyl adjacent to an activating group) is 1. The molecular weight excluding hydrogens is 190 g/mol. The van der Waals surface area contributed by atoms with Crippen LogP contribution >= 0.6 is 11.6 Å². The Balaban J connectivity index is 2.76. The van der Waals surface area contributed by atoms with Crippen molar-refractivity contribution >= 4 is 23.2 Å². The topological polar surface area (TPSA) is 59.2 Å².